The van der Waals surface area contributed by atoms with E-state index in [2.05, 4.69) is 0 Å². The molecule has 0 spiro atoms. The van der Waals surface area contributed by atoms with Crippen LogP contribution in [0.2, 0.25) is 5.02 Å². The molecule has 0 bridgehead atoms. The van der Waals surface area contributed by atoms with Crippen molar-refractivity contribution in [2.24, 2.45) is 5.73 Å². The van der Waals surface area contributed by atoms with Crippen molar-refractivity contribution < 1.29 is 4.74 Å². The van der Waals surface area contributed by atoms with Crippen LogP contribution < -0.4 is 5.73 Å². The minimum absolute atomic E-state index is 0.112. The lowest BCUT2D eigenvalue weighted by Crippen LogP contribution is -2.26. The van der Waals surface area contributed by atoms with Crippen LogP contribution in [-0.4, -0.2) is 19.3 Å². The summed E-state index contributed by atoms with van der Waals surface area (Å²) in [7, 11) is 0. The van der Waals surface area contributed by atoms with E-state index in [9.17, 15) is 0 Å². The molecule has 0 aromatic heterocycles. The van der Waals surface area contributed by atoms with Gasteiger partial charge in [0, 0.05) is 18.2 Å². The van der Waals surface area contributed by atoms with Crippen molar-refractivity contribution in [3.63, 3.8) is 0 Å². The maximum absolute atomic E-state index is 5.79. The van der Waals surface area contributed by atoms with E-state index in [4.69, 9.17) is 22.1 Å². The number of ether oxygens (including phenoxy) is 1. The van der Waals surface area contributed by atoms with E-state index in [1.165, 1.54) is 5.56 Å². The Morgan fingerprint density at radius 2 is 2.00 bits per heavy atom. The SMILES string of the molecule is CCOC(CN)Cc1ccc(Cl)cc1. The minimum Gasteiger partial charge on any atom is -0.377 e. The van der Waals surface area contributed by atoms with E-state index < -0.39 is 0 Å². The van der Waals surface area contributed by atoms with Gasteiger partial charge in [-0.15, -0.1) is 0 Å². The van der Waals surface area contributed by atoms with Crippen molar-refractivity contribution in [2.45, 2.75) is 19.4 Å². The molecule has 1 aromatic carbocycles. The van der Waals surface area contributed by atoms with Crippen molar-refractivity contribution in [1.82, 2.24) is 0 Å². The molecule has 0 fully saturated rings. The van der Waals surface area contributed by atoms with Crippen molar-refractivity contribution in [3.8, 4) is 0 Å². The van der Waals surface area contributed by atoms with Gasteiger partial charge < -0.3 is 10.5 Å². The van der Waals surface area contributed by atoms with E-state index in [1.54, 1.807) is 0 Å². The highest BCUT2D eigenvalue weighted by Crippen LogP contribution is 2.11. The van der Waals surface area contributed by atoms with E-state index in [1.807, 2.05) is 31.2 Å². The molecule has 0 aliphatic heterocycles. The summed E-state index contributed by atoms with van der Waals surface area (Å²) in [4.78, 5) is 0. The molecule has 0 heterocycles. The monoisotopic (exact) mass is 213 g/mol. The highest BCUT2D eigenvalue weighted by atomic mass is 35.5. The second kappa shape index (κ2) is 6.02. The Labute approximate surface area is 90.0 Å². The first-order chi connectivity index (χ1) is 6.76. The van der Waals surface area contributed by atoms with Gasteiger partial charge in [-0.05, 0) is 31.0 Å². The predicted molar refractivity (Wildman–Crippen MR) is 59.6 cm³/mol. The molecule has 0 saturated heterocycles. The van der Waals surface area contributed by atoms with Crippen LogP contribution in [-0.2, 0) is 11.2 Å². The normalized spacial score (nSPS) is 12.8. The zero-order chi connectivity index (χ0) is 10.4. The summed E-state index contributed by atoms with van der Waals surface area (Å²) in [5.74, 6) is 0. The van der Waals surface area contributed by atoms with Gasteiger partial charge in [0.05, 0.1) is 6.10 Å². The van der Waals surface area contributed by atoms with E-state index in [0.29, 0.717) is 13.2 Å². The van der Waals surface area contributed by atoms with Gasteiger partial charge >= 0.3 is 0 Å². The number of nitrogens with two attached hydrogens (primary N) is 1. The molecule has 0 saturated carbocycles. The van der Waals surface area contributed by atoms with Crippen LogP contribution in [0.3, 0.4) is 0 Å². The van der Waals surface area contributed by atoms with Crippen molar-refractivity contribution in [2.75, 3.05) is 13.2 Å². The molecule has 0 aliphatic rings. The van der Waals surface area contributed by atoms with Gasteiger partial charge in [0.2, 0.25) is 0 Å². The maximum Gasteiger partial charge on any atom is 0.0737 e. The molecule has 2 N–H and O–H groups in total. The lowest BCUT2D eigenvalue weighted by atomic mass is 10.1. The van der Waals surface area contributed by atoms with Gasteiger partial charge in [-0.1, -0.05) is 23.7 Å². The van der Waals surface area contributed by atoms with E-state index in [-0.39, 0.29) is 6.10 Å². The minimum atomic E-state index is 0.112. The lowest BCUT2D eigenvalue weighted by molar-refractivity contribution is 0.0695. The van der Waals surface area contributed by atoms with Gasteiger partial charge in [-0.3, -0.25) is 0 Å². The molecular weight excluding hydrogens is 198 g/mol. The topological polar surface area (TPSA) is 35.2 Å². The van der Waals surface area contributed by atoms with Gasteiger partial charge in [0.1, 0.15) is 0 Å². The van der Waals surface area contributed by atoms with Crippen LogP contribution in [0.4, 0.5) is 0 Å². The lowest BCUT2D eigenvalue weighted by Gasteiger charge is -2.14. The molecule has 1 aromatic rings. The van der Waals surface area contributed by atoms with Crippen LogP contribution in [0, 0.1) is 0 Å². The highest BCUT2D eigenvalue weighted by Gasteiger charge is 2.06. The van der Waals surface area contributed by atoms with E-state index >= 15 is 0 Å². The summed E-state index contributed by atoms with van der Waals surface area (Å²) in [6.45, 7) is 3.23. The second-order valence-electron chi connectivity index (χ2n) is 3.14. The smallest absolute Gasteiger partial charge is 0.0737 e. The van der Waals surface area contributed by atoms with Crippen LogP contribution in [0.5, 0.6) is 0 Å². The Kier molecular flexibility index (Phi) is 4.94. The first kappa shape index (κ1) is 11.5. The molecule has 1 rings (SSSR count). The van der Waals surface area contributed by atoms with Crippen molar-refractivity contribution in [3.05, 3.63) is 34.9 Å². The first-order valence-electron chi connectivity index (χ1n) is 4.82. The molecule has 0 aliphatic carbocycles. The third-order valence-electron chi connectivity index (χ3n) is 2.04. The molecule has 1 unspecified atom stereocenters. The van der Waals surface area contributed by atoms with Crippen molar-refractivity contribution >= 4 is 11.6 Å². The summed E-state index contributed by atoms with van der Waals surface area (Å²) in [5.41, 5.74) is 6.79. The average molecular weight is 214 g/mol. The number of halogens is 1. The fourth-order valence-electron chi connectivity index (χ4n) is 1.33. The van der Waals surface area contributed by atoms with Crippen LogP contribution in [0.15, 0.2) is 24.3 Å². The molecule has 78 valence electrons. The Hall–Kier alpha value is -0.570. The molecule has 3 heteroatoms. The van der Waals surface area contributed by atoms with Crippen molar-refractivity contribution in [1.29, 1.82) is 0 Å². The molecule has 0 amide bonds. The largest absolute Gasteiger partial charge is 0.377 e. The predicted octanol–water partition coefficient (Wildman–Crippen LogP) is 2.25. The van der Waals surface area contributed by atoms with Crippen LogP contribution in [0.25, 0.3) is 0 Å². The maximum atomic E-state index is 5.79. The Bertz CT molecular complexity index is 260. The average Bonchev–Trinajstić information content (AvgIpc) is 2.20. The zero-order valence-electron chi connectivity index (χ0n) is 8.37. The summed E-state index contributed by atoms with van der Waals surface area (Å²) < 4.78 is 5.47. The third kappa shape index (κ3) is 3.66. The van der Waals surface area contributed by atoms with Crippen LogP contribution in [0.1, 0.15) is 12.5 Å². The summed E-state index contributed by atoms with van der Waals surface area (Å²) in [5, 5.41) is 0.759. The second-order valence-corrected chi connectivity index (χ2v) is 3.58. The Morgan fingerprint density at radius 3 is 2.50 bits per heavy atom. The molecule has 14 heavy (non-hydrogen) atoms. The first-order valence-corrected chi connectivity index (χ1v) is 5.20. The quantitative estimate of drug-likeness (QED) is 0.815. The molecule has 2 nitrogen and oxygen atoms in total. The van der Waals surface area contributed by atoms with Gasteiger partial charge in [-0.2, -0.15) is 0 Å². The third-order valence-corrected chi connectivity index (χ3v) is 2.29. The van der Waals surface area contributed by atoms with Crippen LogP contribution >= 0.6 is 11.6 Å². The standard InChI is InChI=1S/C11H16ClNO/c1-2-14-11(8-13)7-9-3-5-10(12)6-4-9/h3-6,11H,2,7-8,13H2,1H3. The Morgan fingerprint density at radius 1 is 1.36 bits per heavy atom. The van der Waals surface area contributed by atoms with Gasteiger partial charge in [-0.25, -0.2) is 0 Å². The highest BCUT2D eigenvalue weighted by molar-refractivity contribution is 6.30. The van der Waals surface area contributed by atoms with E-state index in [0.717, 1.165) is 11.4 Å². The number of rotatable bonds is 5. The zero-order valence-corrected chi connectivity index (χ0v) is 9.13. The number of hydrogen-bond acceptors (Lipinski definition) is 2. The molecule has 1 atom stereocenters. The summed E-state index contributed by atoms with van der Waals surface area (Å²) in [6, 6.07) is 7.78. The Balaban J connectivity index is 2.53. The summed E-state index contributed by atoms with van der Waals surface area (Å²) >= 11 is 5.79. The molecule has 0 radical (unpaired) electrons. The summed E-state index contributed by atoms with van der Waals surface area (Å²) in [6.07, 6.45) is 0.961. The fraction of sp³-hybridized carbons (Fsp3) is 0.455. The van der Waals surface area contributed by atoms with Gasteiger partial charge in [0.25, 0.3) is 0 Å². The number of benzene rings is 1. The number of hydrogen-bond donors (Lipinski definition) is 1. The fourth-order valence-corrected chi connectivity index (χ4v) is 1.46. The van der Waals surface area contributed by atoms with Gasteiger partial charge in [0.15, 0.2) is 0 Å². The molecular formula is C11H16ClNO.